The van der Waals surface area contributed by atoms with Crippen molar-refractivity contribution < 1.29 is 4.74 Å². The van der Waals surface area contributed by atoms with Gasteiger partial charge in [-0.2, -0.15) is 0 Å². The average Bonchev–Trinajstić information content (AvgIpc) is 2.48. The van der Waals surface area contributed by atoms with Gasteiger partial charge in [0.1, 0.15) is 16.0 Å². The van der Waals surface area contributed by atoms with Gasteiger partial charge in [-0.1, -0.05) is 18.2 Å². The number of benzene rings is 1. The molecule has 1 aromatic carbocycles. The molecule has 2 aromatic rings. The summed E-state index contributed by atoms with van der Waals surface area (Å²) in [5.74, 6) is 1.95. The summed E-state index contributed by atoms with van der Waals surface area (Å²) in [4.78, 5) is 16.5. The van der Waals surface area contributed by atoms with E-state index in [1.54, 1.807) is 10.8 Å². The summed E-state index contributed by atoms with van der Waals surface area (Å²) in [6, 6.07) is 8.04. The first kappa shape index (κ1) is 13.4. The zero-order valence-electron chi connectivity index (χ0n) is 11.2. The second-order valence-electron chi connectivity index (χ2n) is 4.94. The summed E-state index contributed by atoms with van der Waals surface area (Å²) in [6.07, 6.45) is 2.47. The topological polar surface area (TPSA) is 44.1 Å². The van der Waals surface area contributed by atoms with Crippen molar-refractivity contribution in [2.24, 2.45) is 0 Å². The van der Waals surface area contributed by atoms with Crippen molar-refractivity contribution in [3.05, 3.63) is 56.7 Å². The fourth-order valence-electron chi connectivity index (χ4n) is 2.59. The van der Waals surface area contributed by atoms with E-state index < -0.39 is 0 Å². The number of aromatic nitrogens is 2. The molecule has 0 spiro atoms. The van der Waals surface area contributed by atoms with Gasteiger partial charge >= 0.3 is 0 Å². The third kappa shape index (κ3) is 2.38. The summed E-state index contributed by atoms with van der Waals surface area (Å²) >= 11 is 3.26. The van der Waals surface area contributed by atoms with Crippen LogP contribution in [0, 0.1) is 6.92 Å². The smallest absolute Gasteiger partial charge is 0.267 e. The predicted molar refractivity (Wildman–Crippen MR) is 80.2 cm³/mol. The quantitative estimate of drug-likeness (QED) is 0.848. The molecule has 1 aliphatic rings. The molecule has 104 valence electrons. The molecule has 20 heavy (non-hydrogen) atoms. The Hall–Kier alpha value is -1.62. The zero-order chi connectivity index (χ0) is 14.1. The van der Waals surface area contributed by atoms with Crippen LogP contribution in [0.15, 0.2) is 39.7 Å². The molecule has 4 nitrogen and oxygen atoms in total. The van der Waals surface area contributed by atoms with Gasteiger partial charge in [0.2, 0.25) is 0 Å². The van der Waals surface area contributed by atoms with Crippen LogP contribution in [0.2, 0.25) is 0 Å². The minimum absolute atomic E-state index is 0.0264. The van der Waals surface area contributed by atoms with E-state index in [-0.39, 0.29) is 11.5 Å². The van der Waals surface area contributed by atoms with Crippen molar-refractivity contribution in [1.82, 2.24) is 9.55 Å². The molecule has 0 amide bonds. The molecule has 0 aliphatic carbocycles. The molecule has 1 unspecified atom stereocenters. The largest absolute Gasteiger partial charge is 0.493 e. The molecular weight excluding hydrogens is 320 g/mol. The molecule has 2 heterocycles. The van der Waals surface area contributed by atoms with E-state index in [9.17, 15) is 4.79 Å². The predicted octanol–water partition coefficient (Wildman–Crippen LogP) is 2.88. The average molecular weight is 335 g/mol. The third-order valence-corrected chi connectivity index (χ3v) is 4.23. The second-order valence-corrected chi connectivity index (χ2v) is 5.80. The number of fused-ring (bicyclic) bond motifs is 1. The highest BCUT2D eigenvalue weighted by atomic mass is 79.9. The number of nitrogens with zero attached hydrogens (tertiary/aromatic N) is 2. The van der Waals surface area contributed by atoms with Crippen LogP contribution in [0.1, 0.15) is 23.7 Å². The number of hydrogen-bond acceptors (Lipinski definition) is 3. The van der Waals surface area contributed by atoms with Gasteiger partial charge in [-0.25, -0.2) is 4.98 Å². The molecule has 0 N–H and O–H groups in total. The van der Waals surface area contributed by atoms with Gasteiger partial charge in [-0.15, -0.1) is 0 Å². The van der Waals surface area contributed by atoms with Gasteiger partial charge in [0.15, 0.2) is 0 Å². The zero-order valence-corrected chi connectivity index (χ0v) is 12.8. The standard InChI is InChI=1S/C15H15BrN2O2/c1-10-17-8-13(16)15(19)18(10)9-11-6-7-20-14-5-3-2-4-12(11)14/h2-5,8,11H,6-7,9H2,1H3. The fraction of sp³-hybridized carbons (Fsp3) is 0.333. The highest BCUT2D eigenvalue weighted by Crippen LogP contribution is 2.34. The van der Waals surface area contributed by atoms with Gasteiger partial charge in [-0.3, -0.25) is 9.36 Å². The summed E-state index contributed by atoms with van der Waals surface area (Å²) in [7, 11) is 0. The molecule has 0 saturated carbocycles. The fourth-order valence-corrected chi connectivity index (χ4v) is 2.91. The van der Waals surface area contributed by atoms with Crippen molar-refractivity contribution in [2.45, 2.75) is 25.8 Å². The van der Waals surface area contributed by atoms with Crippen molar-refractivity contribution in [2.75, 3.05) is 6.61 Å². The van der Waals surface area contributed by atoms with Crippen molar-refractivity contribution >= 4 is 15.9 Å². The van der Waals surface area contributed by atoms with Crippen molar-refractivity contribution in [3.8, 4) is 5.75 Å². The molecule has 0 bridgehead atoms. The second kappa shape index (κ2) is 5.40. The van der Waals surface area contributed by atoms with Gasteiger partial charge in [0, 0.05) is 18.7 Å². The van der Waals surface area contributed by atoms with Crippen LogP contribution < -0.4 is 10.3 Å². The number of halogens is 1. The minimum atomic E-state index is -0.0264. The van der Waals surface area contributed by atoms with Crippen molar-refractivity contribution in [1.29, 1.82) is 0 Å². The van der Waals surface area contributed by atoms with E-state index >= 15 is 0 Å². The molecule has 0 radical (unpaired) electrons. The minimum Gasteiger partial charge on any atom is -0.493 e. The molecule has 1 atom stereocenters. The number of rotatable bonds is 2. The highest BCUT2D eigenvalue weighted by Gasteiger charge is 2.22. The Balaban J connectivity index is 1.98. The van der Waals surface area contributed by atoms with Gasteiger partial charge in [0.25, 0.3) is 5.56 Å². The lowest BCUT2D eigenvalue weighted by atomic mass is 9.93. The highest BCUT2D eigenvalue weighted by molar-refractivity contribution is 9.10. The normalized spacial score (nSPS) is 17.4. The van der Waals surface area contributed by atoms with Crippen LogP contribution in [0.4, 0.5) is 0 Å². The van der Waals surface area contributed by atoms with Gasteiger partial charge in [0.05, 0.1) is 6.61 Å². The lowest BCUT2D eigenvalue weighted by molar-refractivity contribution is 0.257. The molecule has 1 aromatic heterocycles. The van der Waals surface area contributed by atoms with Crippen LogP contribution in [0.3, 0.4) is 0 Å². The van der Waals surface area contributed by atoms with Crippen LogP contribution in [-0.2, 0) is 6.54 Å². The molecule has 0 fully saturated rings. The Bertz CT molecular complexity index is 697. The van der Waals surface area contributed by atoms with Crippen LogP contribution in [0.25, 0.3) is 0 Å². The molecule has 5 heteroatoms. The van der Waals surface area contributed by atoms with Crippen LogP contribution in [0.5, 0.6) is 5.75 Å². The first-order chi connectivity index (χ1) is 9.66. The maximum Gasteiger partial charge on any atom is 0.267 e. The monoisotopic (exact) mass is 334 g/mol. The SMILES string of the molecule is Cc1ncc(Br)c(=O)n1CC1CCOc2ccccc21. The molecule has 3 rings (SSSR count). The molecular formula is C15H15BrN2O2. The van der Waals surface area contributed by atoms with E-state index in [0.29, 0.717) is 17.6 Å². The van der Waals surface area contributed by atoms with E-state index in [4.69, 9.17) is 4.74 Å². The Morgan fingerprint density at radius 3 is 3.10 bits per heavy atom. The number of ether oxygens (including phenoxy) is 1. The summed E-state index contributed by atoms with van der Waals surface area (Å²) < 4.78 is 7.90. The lowest BCUT2D eigenvalue weighted by Gasteiger charge is -2.26. The Labute approximate surface area is 125 Å². The summed E-state index contributed by atoms with van der Waals surface area (Å²) in [6.45, 7) is 3.19. The number of aryl methyl sites for hydroxylation is 1. The van der Waals surface area contributed by atoms with Crippen LogP contribution in [-0.4, -0.2) is 16.2 Å². The van der Waals surface area contributed by atoms with E-state index in [0.717, 1.165) is 18.0 Å². The number of hydrogen-bond donors (Lipinski definition) is 0. The molecule has 1 aliphatic heterocycles. The first-order valence-corrected chi connectivity index (χ1v) is 7.40. The Morgan fingerprint density at radius 2 is 2.25 bits per heavy atom. The van der Waals surface area contributed by atoms with Gasteiger partial charge in [-0.05, 0) is 40.9 Å². The third-order valence-electron chi connectivity index (χ3n) is 3.69. The van der Waals surface area contributed by atoms with E-state index in [2.05, 4.69) is 27.0 Å². The number of para-hydroxylation sites is 1. The van der Waals surface area contributed by atoms with Crippen LogP contribution >= 0.6 is 15.9 Å². The molecule has 0 saturated heterocycles. The summed E-state index contributed by atoms with van der Waals surface area (Å²) in [5, 5.41) is 0. The Kier molecular flexibility index (Phi) is 3.61. The van der Waals surface area contributed by atoms with Gasteiger partial charge < -0.3 is 4.74 Å². The maximum atomic E-state index is 12.2. The van der Waals surface area contributed by atoms with E-state index in [1.165, 1.54) is 5.56 Å². The van der Waals surface area contributed by atoms with Crippen molar-refractivity contribution in [3.63, 3.8) is 0 Å². The van der Waals surface area contributed by atoms with E-state index in [1.807, 2.05) is 25.1 Å². The Morgan fingerprint density at radius 1 is 1.45 bits per heavy atom. The maximum absolute atomic E-state index is 12.2. The summed E-state index contributed by atoms with van der Waals surface area (Å²) in [5.41, 5.74) is 1.14. The lowest BCUT2D eigenvalue weighted by Crippen LogP contribution is -2.28. The first-order valence-electron chi connectivity index (χ1n) is 6.60.